The van der Waals surface area contributed by atoms with E-state index >= 15 is 0 Å². The molecule has 32 heavy (non-hydrogen) atoms. The second-order valence-corrected chi connectivity index (χ2v) is 9.45. The van der Waals surface area contributed by atoms with Crippen LogP contribution in [0.5, 0.6) is 5.75 Å². The van der Waals surface area contributed by atoms with Crippen molar-refractivity contribution >= 4 is 21.6 Å². The van der Waals surface area contributed by atoms with Crippen LogP contribution < -0.4 is 14.4 Å². The van der Waals surface area contributed by atoms with Crippen molar-refractivity contribution < 1.29 is 17.9 Å². The van der Waals surface area contributed by atoms with E-state index in [0.717, 1.165) is 21.0 Å². The van der Waals surface area contributed by atoms with Crippen LogP contribution in [0.2, 0.25) is 0 Å². The second kappa shape index (κ2) is 10.3. The second-order valence-electron chi connectivity index (χ2n) is 7.59. The summed E-state index contributed by atoms with van der Waals surface area (Å²) < 4.78 is 33.6. The highest BCUT2D eigenvalue weighted by Crippen LogP contribution is 2.33. The number of ether oxygens (including phenoxy) is 1. The lowest BCUT2D eigenvalue weighted by atomic mass is 10.1. The van der Waals surface area contributed by atoms with E-state index in [4.69, 9.17) is 4.74 Å². The molecule has 0 fully saturated rings. The number of rotatable bonds is 9. The van der Waals surface area contributed by atoms with Gasteiger partial charge in [-0.3, -0.25) is 9.10 Å². The van der Waals surface area contributed by atoms with Gasteiger partial charge in [-0.05, 0) is 55.7 Å². The molecule has 0 heterocycles. The molecule has 6 nitrogen and oxygen atoms in total. The van der Waals surface area contributed by atoms with Gasteiger partial charge in [-0.15, -0.1) is 0 Å². The molecule has 0 unspecified atom stereocenters. The average molecular weight is 453 g/mol. The maximum absolute atomic E-state index is 13.5. The van der Waals surface area contributed by atoms with E-state index in [2.05, 4.69) is 5.32 Å². The van der Waals surface area contributed by atoms with Gasteiger partial charge < -0.3 is 10.1 Å². The summed E-state index contributed by atoms with van der Waals surface area (Å²) in [7, 11) is -2.52. The third kappa shape index (κ3) is 5.68. The summed E-state index contributed by atoms with van der Waals surface area (Å²) in [5.74, 6) is -0.0106. The van der Waals surface area contributed by atoms with Crippen LogP contribution in [-0.2, 0) is 21.2 Å². The standard InChI is InChI=1S/C25H28N2O4S/c1-19-9-12-22(13-10-19)32(29,30)27(23-17-20(2)11-14-24(23)31-3)18-25(28)26-16-15-21-7-5-4-6-8-21/h4-14,17H,15-16,18H2,1-3H3,(H,26,28). The molecule has 3 aromatic carbocycles. The van der Waals surface area contributed by atoms with Crippen LogP contribution in [0, 0.1) is 13.8 Å². The maximum Gasteiger partial charge on any atom is 0.264 e. The largest absolute Gasteiger partial charge is 0.495 e. The predicted molar refractivity (Wildman–Crippen MR) is 127 cm³/mol. The Morgan fingerprint density at radius 2 is 1.59 bits per heavy atom. The van der Waals surface area contributed by atoms with Gasteiger partial charge in [0.25, 0.3) is 10.0 Å². The number of nitrogens with one attached hydrogen (secondary N) is 1. The Kier molecular flexibility index (Phi) is 7.53. The highest BCUT2D eigenvalue weighted by molar-refractivity contribution is 7.92. The summed E-state index contributed by atoms with van der Waals surface area (Å²) in [6.45, 7) is 3.80. The fourth-order valence-corrected chi connectivity index (χ4v) is 4.73. The highest BCUT2D eigenvalue weighted by Gasteiger charge is 2.29. The van der Waals surface area contributed by atoms with Crippen molar-refractivity contribution in [3.05, 3.63) is 89.5 Å². The molecular formula is C25H28N2O4S. The first kappa shape index (κ1) is 23.3. The Labute approximate surface area is 189 Å². The molecule has 1 N–H and O–H groups in total. The summed E-state index contributed by atoms with van der Waals surface area (Å²) >= 11 is 0. The van der Waals surface area contributed by atoms with Crippen LogP contribution in [0.15, 0.2) is 77.7 Å². The van der Waals surface area contributed by atoms with Crippen molar-refractivity contribution in [1.29, 1.82) is 0 Å². The van der Waals surface area contributed by atoms with Crippen molar-refractivity contribution in [3.63, 3.8) is 0 Å². The van der Waals surface area contributed by atoms with Crippen LogP contribution in [0.3, 0.4) is 0 Å². The Balaban J connectivity index is 1.88. The summed E-state index contributed by atoms with van der Waals surface area (Å²) in [6.07, 6.45) is 0.658. The molecule has 0 bridgehead atoms. The molecule has 3 aromatic rings. The topological polar surface area (TPSA) is 75.7 Å². The number of carbonyl (C=O) groups is 1. The van der Waals surface area contributed by atoms with Crippen molar-refractivity contribution in [3.8, 4) is 5.75 Å². The number of nitrogens with zero attached hydrogens (tertiary/aromatic N) is 1. The van der Waals surface area contributed by atoms with Gasteiger partial charge in [0.15, 0.2) is 0 Å². The van der Waals surface area contributed by atoms with Crippen LogP contribution in [0.25, 0.3) is 0 Å². The van der Waals surface area contributed by atoms with Crippen molar-refractivity contribution in [1.82, 2.24) is 5.32 Å². The van der Waals surface area contributed by atoms with Crippen molar-refractivity contribution in [2.45, 2.75) is 25.2 Å². The van der Waals surface area contributed by atoms with E-state index in [1.807, 2.05) is 50.2 Å². The molecule has 1 amide bonds. The molecule has 3 rings (SSSR count). The normalized spacial score (nSPS) is 11.1. The van der Waals surface area contributed by atoms with Crippen LogP contribution in [-0.4, -0.2) is 34.5 Å². The first-order valence-electron chi connectivity index (χ1n) is 10.4. The fraction of sp³-hybridized carbons (Fsp3) is 0.240. The first-order chi connectivity index (χ1) is 15.3. The number of carbonyl (C=O) groups excluding carboxylic acids is 1. The van der Waals surface area contributed by atoms with Crippen LogP contribution in [0.4, 0.5) is 5.69 Å². The molecule has 0 spiro atoms. The quantitative estimate of drug-likeness (QED) is 0.535. The molecule has 7 heteroatoms. The Morgan fingerprint density at radius 1 is 0.938 bits per heavy atom. The number of benzene rings is 3. The van der Waals surface area contributed by atoms with E-state index in [-0.39, 0.29) is 17.3 Å². The van der Waals surface area contributed by atoms with Gasteiger partial charge >= 0.3 is 0 Å². The number of hydrogen-bond donors (Lipinski definition) is 1. The highest BCUT2D eigenvalue weighted by atomic mass is 32.2. The zero-order valence-electron chi connectivity index (χ0n) is 18.5. The Bertz CT molecular complexity index is 1160. The van der Waals surface area contributed by atoms with Gasteiger partial charge in [-0.2, -0.15) is 0 Å². The first-order valence-corrected chi connectivity index (χ1v) is 11.8. The SMILES string of the molecule is COc1ccc(C)cc1N(CC(=O)NCCc1ccccc1)S(=O)(=O)c1ccc(C)cc1. The number of anilines is 1. The third-order valence-corrected chi connectivity index (χ3v) is 6.85. The molecule has 0 aliphatic heterocycles. The summed E-state index contributed by atoms with van der Waals surface area (Å²) in [6, 6.07) is 21.6. The fourth-order valence-electron chi connectivity index (χ4n) is 3.31. The van der Waals surface area contributed by atoms with Gasteiger partial charge in [0.1, 0.15) is 12.3 Å². The van der Waals surface area contributed by atoms with Gasteiger partial charge in [-0.1, -0.05) is 54.1 Å². The van der Waals surface area contributed by atoms with Gasteiger partial charge in [0.05, 0.1) is 17.7 Å². The van der Waals surface area contributed by atoms with Gasteiger partial charge in [0, 0.05) is 6.54 Å². The van der Waals surface area contributed by atoms with E-state index in [9.17, 15) is 13.2 Å². The summed E-state index contributed by atoms with van der Waals surface area (Å²) in [4.78, 5) is 12.9. The zero-order valence-corrected chi connectivity index (χ0v) is 19.4. The minimum Gasteiger partial charge on any atom is -0.495 e. The molecule has 0 atom stereocenters. The van der Waals surface area contributed by atoms with Crippen molar-refractivity contribution in [2.24, 2.45) is 0 Å². The minimum atomic E-state index is -4.00. The maximum atomic E-state index is 13.5. The smallest absolute Gasteiger partial charge is 0.264 e. The molecular weight excluding hydrogens is 424 g/mol. The van der Waals surface area contributed by atoms with Gasteiger partial charge in [-0.25, -0.2) is 8.42 Å². The molecule has 0 aliphatic carbocycles. The summed E-state index contributed by atoms with van der Waals surface area (Å²) in [5, 5.41) is 2.83. The predicted octanol–water partition coefficient (Wildman–Crippen LogP) is 3.87. The number of amides is 1. The van der Waals surface area contributed by atoms with E-state index < -0.39 is 10.0 Å². The number of aryl methyl sites for hydroxylation is 2. The molecule has 0 saturated carbocycles. The third-order valence-electron chi connectivity index (χ3n) is 5.08. The van der Waals surface area contributed by atoms with Gasteiger partial charge in [0.2, 0.25) is 5.91 Å². The van der Waals surface area contributed by atoms with E-state index in [1.54, 1.807) is 36.4 Å². The number of methoxy groups -OCH3 is 1. The molecule has 0 aromatic heterocycles. The minimum absolute atomic E-state index is 0.115. The lowest BCUT2D eigenvalue weighted by Gasteiger charge is -2.26. The lowest BCUT2D eigenvalue weighted by Crippen LogP contribution is -2.41. The Hall–Kier alpha value is -3.32. The zero-order chi connectivity index (χ0) is 23.1. The number of sulfonamides is 1. The summed E-state index contributed by atoms with van der Waals surface area (Å²) in [5.41, 5.74) is 3.22. The van der Waals surface area contributed by atoms with Crippen LogP contribution >= 0.6 is 0 Å². The lowest BCUT2D eigenvalue weighted by molar-refractivity contribution is -0.119. The molecule has 0 aliphatic rings. The molecule has 0 saturated heterocycles. The monoisotopic (exact) mass is 452 g/mol. The average Bonchev–Trinajstić information content (AvgIpc) is 2.78. The molecule has 168 valence electrons. The molecule has 0 radical (unpaired) electrons. The van der Waals surface area contributed by atoms with Crippen LogP contribution in [0.1, 0.15) is 16.7 Å². The van der Waals surface area contributed by atoms with Crippen molar-refractivity contribution in [2.75, 3.05) is 24.5 Å². The van der Waals surface area contributed by atoms with E-state index in [1.165, 1.54) is 7.11 Å². The number of hydrogen-bond acceptors (Lipinski definition) is 4. The van der Waals surface area contributed by atoms with E-state index in [0.29, 0.717) is 24.4 Å². The Morgan fingerprint density at radius 3 is 2.25 bits per heavy atom.